The third-order valence-corrected chi connectivity index (χ3v) is 2.55. The first-order chi connectivity index (χ1) is 8.81. The van der Waals surface area contributed by atoms with Crippen LogP contribution in [0.5, 0.6) is 0 Å². The van der Waals surface area contributed by atoms with Gasteiger partial charge in [0.1, 0.15) is 0 Å². The smallest absolute Gasteiger partial charge is 0.422 e. The lowest BCUT2D eigenvalue weighted by atomic mass is 10.0. The van der Waals surface area contributed by atoms with Crippen LogP contribution in [0.1, 0.15) is 17.2 Å². The molecule has 0 bridgehead atoms. The molecule has 0 spiro atoms. The summed E-state index contributed by atoms with van der Waals surface area (Å²) in [6.45, 7) is 0. The number of hydrazine groups is 1. The van der Waals surface area contributed by atoms with Crippen LogP contribution >= 0.6 is 0 Å². The molecule has 2 aromatic rings. The van der Waals surface area contributed by atoms with Crippen LogP contribution in [0, 0.1) is 0 Å². The summed E-state index contributed by atoms with van der Waals surface area (Å²) < 4.78 is 5.30. The van der Waals surface area contributed by atoms with Crippen molar-refractivity contribution in [3.63, 3.8) is 0 Å². The van der Waals surface area contributed by atoms with Crippen LogP contribution < -0.4 is 11.3 Å². The molecule has 2 rings (SSSR count). The molecule has 3 N–H and O–H groups in total. The van der Waals surface area contributed by atoms with Gasteiger partial charge < -0.3 is 4.74 Å². The summed E-state index contributed by atoms with van der Waals surface area (Å²) in [5.41, 5.74) is 3.77. The van der Waals surface area contributed by atoms with E-state index in [2.05, 4.69) is 0 Å². The zero-order valence-corrected chi connectivity index (χ0v) is 9.74. The summed E-state index contributed by atoms with van der Waals surface area (Å²) >= 11 is 0. The number of nitrogens with one attached hydrogen (secondary N) is 1. The molecule has 0 saturated heterocycles. The molecule has 0 radical (unpaired) electrons. The Bertz CT molecular complexity index is 460. The Kier molecular flexibility index (Phi) is 3.94. The Hall–Kier alpha value is -2.33. The van der Waals surface area contributed by atoms with Gasteiger partial charge in [0.2, 0.25) is 0 Å². The highest BCUT2D eigenvalue weighted by Gasteiger charge is 2.17. The van der Waals surface area contributed by atoms with E-state index in [0.717, 1.165) is 11.1 Å². The summed E-state index contributed by atoms with van der Waals surface area (Å²) in [5, 5.41) is 0. The maximum absolute atomic E-state index is 11.3. The molecule has 4 nitrogen and oxygen atoms in total. The average molecular weight is 242 g/mol. The van der Waals surface area contributed by atoms with Gasteiger partial charge in [0.25, 0.3) is 0 Å². The molecule has 4 heteroatoms. The topological polar surface area (TPSA) is 64.3 Å². The number of hydrogen-bond acceptors (Lipinski definition) is 3. The van der Waals surface area contributed by atoms with Crippen molar-refractivity contribution in [3.05, 3.63) is 71.8 Å². The maximum Gasteiger partial charge on any atom is 0.422 e. The van der Waals surface area contributed by atoms with Gasteiger partial charge in [-0.05, 0) is 11.1 Å². The van der Waals surface area contributed by atoms with Crippen molar-refractivity contribution in [2.45, 2.75) is 6.10 Å². The molecule has 0 aromatic heterocycles. The number of ether oxygens (including phenoxy) is 1. The van der Waals surface area contributed by atoms with E-state index >= 15 is 0 Å². The van der Waals surface area contributed by atoms with E-state index in [4.69, 9.17) is 10.6 Å². The van der Waals surface area contributed by atoms with E-state index in [1.165, 1.54) is 0 Å². The molecular weight excluding hydrogens is 228 g/mol. The number of nitrogens with two attached hydrogens (primary N) is 1. The molecule has 2 aromatic carbocycles. The Morgan fingerprint density at radius 3 is 1.78 bits per heavy atom. The first kappa shape index (κ1) is 12.1. The number of rotatable bonds is 3. The van der Waals surface area contributed by atoms with Crippen molar-refractivity contribution in [1.82, 2.24) is 5.43 Å². The van der Waals surface area contributed by atoms with Crippen molar-refractivity contribution in [2.75, 3.05) is 0 Å². The number of carbonyl (C=O) groups is 1. The highest BCUT2D eigenvalue weighted by Crippen LogP contribution is 2.25. The molecule has 0 heterocycles. The maximum atomic E-state index is 11.3. The van der Waals surface area contributed by atoms with Gasteiger partial charge in [0, 0.05) is 0 Å². The zero-order chi connectivity index (χ0) is 12.8. The SMILES string of the molecule is NNC(=O)OC(c1ccccc1)c1ccccc1. The third-order valence-electron chi connectivity index (χ3n) is 2.55. The fourth-order valence-electron chi connectivity index (χ4n) is 1.73. The van der Waals surface area contributed by atoms with Crippen molar-refractivity contribution >= 4 is 6.09 Å². The Morgan fingerprint density at radius 1 is 0.944 bits per heavy atom. The monoisotopic (exact) mass is 242 g/mol. The van der Waals surface area contributed by atoms with E-state index in [9.17, 15) is 4.79 Å². The predicted octanol–water partition coefficient (Wildman–Crippen LogP) is 2.38. The van der Waals surface area contributed by atoms with Crippen LogP contribution in [0.25, 0.3) is 0 Å². The minimum Gasteiger partial charge on any atom is -0.435 e. The lowest BCUT2D eigenvalue weighted by Gasteiger charge is -2.18. The minimum atomic E-state index is -0.660. The number of carbonyl (C=O) groups excluding carboxylic acids is 1. The van der Waals surface area contributed by atoms with Crippen molar-refractivity contribution in [3.8, 4) is 0 Å². The Morgan fingerprint density at radius 2 is 1.39 bits per heavy atom. The second-order valence-electron chi connectivity index (χ2n) is 3.75. The van der Waals surface area contributed by atoms with Crippen LogP contribution in [0.2, 0.25) is 0 Å². The fourth-order valence-corrected chi connectivity index (χ4v) is 1.73. The molecule has 0 atom stereocenters. The van der Waals surface area contributed by atoms with Gasteiger partial charge in [0.05, 0.1) is 0 Å². The number of benzene rings is 2. The van der Waals surface area contributed by atoms with Crippen molar-refractivity contribution in [1.29, 1.82) is 0 Å². The summed E-state index contributed by atoms with van der Waals surface area (Å²) in [6, 6.07) is 19.0. The van der Waals surface area contributed by atoms with Crippen molar-refractivity contribution in [2.24, 2.45) is 5.84 Å². The molecule has 0 aliphatic carbocycles. The van der Waals surface area contributed by atoms with E-state index < -0.39 is 12.2 Å². The van der Waals surface area contributed by atoms with Crippen molar-refractivity contribution < 1.29 is 9.53 Å². The lowest BCUT2D eigenvalue weighted by molar-refractivity contribution is 0.116. The van der Waals surface area contributed by atoms with E-state index in [1.54, 1.807) is 0 Å². The molecule has 92 valence electrons. The first-order valence-corrected chi connectivity index (χ1v) is 5.58. The second kappa shape index (κ2) is 5.84. The molecule has 0 aliphatic heterocycles. The highest BCUT2D eigenvalue weighted by atomic mass is 16.6. The predicted molar refractivity (Wildman–Crippen MR) is 68.5 cm³/mol. The molecule has 18 heavy (non-hydrogen) atoms. The van der Waals surface area contributed by atoms with Crippen LogP contribution in [-0.2, 0) is 4.74 Å². The Balaban J connectivity index is 2.32. The lowest BCUT2D eigenvalue weighted by Crippen LogP contribution is -2.32. The second-order valence-corrected chi connectivity index (χ2v) is 3.75. The number of hydrogen-bond donors (Lipinski definition) is 2. The minimum absolute atomic E-state index is 0.462. The third kappa shape index (κ3) is 2.87. The van der Waals surface area contributed by atoms with Crippen LogP contribution in [0.3, 0.4) is 0 Å². The first-order valence-electron chi connectivity index (χ1n) is 5.58. The highest BCUT2D eigenvalue weighted by molar-refractivity contribution is 5.67. The van der Waals surface area contributed by atoms with Gasteiger partial charge in [-0.15, -0.1) is 0 Å². The summed E-state index contributed by atoms with van der Waals surface area (Å²) in [5.74, 6) is 5.05. The molecule has 0 fully saturated rings. The quantitative estimate of drug-likeness (QED) is 0.493. The average Bonchev–Trinajstić information content (AvgIpc) is 2.46. The largest absolute Gasteiger partial charge is 0.435 e. The van der Waals surface area contributed by atoms with Gasteiger partial charge >= 0.3 is 6.09 Å². The number of amides is 1. The van der Waals surface area contributed by atoms with Gasteiger partial charge in [0.15, 0.2) is 6.10 Å². The molecule has 1 amide bonds. The van der Waals surface area contributed by atoms with E-state index in [-0.39, 0.29) is 0 Å². The van der Waals surface area contributed by atoms with E-state index in [0.29, 0.717) is 0 Å². The normalized spacial score (nSPS) is 10.1. The summed E-state index contributed by atoms with van der Waals surface area (Å²) in [4.78, 5) is 11.3. The molecular formula is C14H14N2O2. The molecule has 0 unspecified atom stereocenters. The summed E-state index contributed by atoms with van der Waals surface area (Å²) in [7, 11) is 0. The molecule has 0 aliphatic rings. The van der Waals surface area contributed by atoms with Gasteiger partial charge in [-0.3, -0.25) is 5.43 Å². The zero-order valence-electron chi connectivity index (χ0n) is 9.74. The fraction of sp³-hybridized carbons (Fsp3) is 0.0714. The van der Waals surface area contributed by atoms with Crippen LogP contribution in [0.15, 0.2) is 60.7 Å². The van der Waals surface area contributed by atoms with Crippen LogP contribution in [-0.4, -0.2) is 6.09 Å². The standard InChI is InChI=1S/C14H14N2O2/c15-16-14(17)18-13(11-7-3-1-4-8-11)12-9-5-2-6-10-12/h1-10,13H,15H2,(H,16,17). The Labute approximate surface area is 105 Å². The summed E-state index contributed by atoms with van der Waals surface area (Å²) in [6.07, 6.45) is -1.12. The molecule has 0 saturated carbocycles. The van der Waals surface area contributed by atoms with Gasteiger partial charge in [-0.2, -0.15) is 0 Å². The van der Waals surface area contributed by atoms with Crippen LogP contribution in [0.4, 0.5) is 4.79 Å². The van der Waals surface area contributed by atoms with Gasteiger partial charge in [-0.1, -0.05) is 60.7 Å². The van der Waals surface area contributed by atoms with E-state index in [1.807, 2.05) is 66.1 Å². The van der Waals surface area contributed by atoms with Gasteiger partial charge in [-0.25, -0.2) is 10.6 Å².